The predicted octanol–water partition coefficient (Wildman–Crippen LogP) is 1.79. The molecule has 0 saturated carbocycles. The zero-order chi connectivity index (χ0) is 11.9. The number of para-hydroxylation sites is 1. The van der Waals surface area contributed by atoms with E-state index in [2.05, 4.69) is 31.9 Å². The lowest BCUT2D eigenvalue weighted by molar-refractivity contribution is -0.134. The number of hydrogen-bond donors (Lipinski definition) is 1. The molecule has 0 radical (unpaired) electrons. The molecule has 0 unspecified atom stereocenters. The summed E-state index contributed by atoms with van der Waals surface area (Å²) in [6.45, 7) is 0. The van der Waals surface area contributed by atoms with Gasteiger partial charge in [0, 0.05) is 8.95 Å². The summed E-state index contributed by atoms with van der Waals surface area (Å²) in [5.74, 6) is -1.81. The van der Waals surface area contributed by atoms with Gasteiger partial charge in [0.2, 0.25) is 0 Å². The highest BCUT2D eigenvalue weighted by Gasteiger charge is 2.39. The molecule has 1 N–H and O–H groups in total. The molecule has 1 fully saturated rings. The Balaban J connectivity index is 2.57. The summed E-state index contributed by atoms with van der Waals surface area (Å²) < 4.78 is 1.08. The number of imide groups is 2. The Morgan fingerprint density at radius 3 is 2.06 bits per heavy atom. The van der Waals surface area contributed by atoms with Crippen molar-refractivity contribution in [2.45, 2.75) is 0 Å². The van der Waals surface area contributed by atoms with E-state index >= 15 is 0 Å². The van der Waals surface area contributed by atoms with Crippen LogP contribution in [-0.2, 0) is 9.59 Å². The fraction of sp³-hybridized carbons (Fsp3) is 0. The van der Waals surface area contributed by atoms with Gasteiger partial charge in [0.1, 0.15) is 0 Å². The summed E-state index contributed by atoms with van der Waals surface area (Å²) in [5.41, 5.74) is 0.316. The van der Waals surface area contributed by atoms with Crippen LogP contribution in [0.3, 0.4) is 0 Å². The van der Waals surface area contributed by atoms with Crippen LogP contribution in [0, 0.1) is 0 Å². The molecule has 82 valence electrons. The molecule has 1 aromatic carbocycles. The Labute approximate surface area is 107 Å². The third-order valence-corrected chi connectivity index (χ3v) is 3.26. The van der Waals surface area contributed by atoms with Gasteiger partial charge < -0.3 is 0 Å². The molecule has 1 saturated heterocycles. The van der Waals surface area contributed by atoms with Crippen molar-refractivity contribution in [2.24, 2.45) is 0 Å². The van der Waals surface area contributed by atoms with Crippen LogP contribution in [0.2, 0.25) is 0 Å². The quantitative estimate of drug-likeness (QED) is 0.622. The lowest BCUT2D eigenvalue weighted by atomic mass is 10.3. The lowest BCUT2D eigenvalue weighted by Gasteiger charge is -2.14. The van der Waals surface area contributed by atoms with E-state index in [0.29, 0.717) is 14.6 Å². The van der Waals surface area contributed by atoms with Crippen molar-refractivity contribution in [2.75, 3.05) is 4.90 Å². The molecule has 1 aromatic rings. The van der Waals surface area contributed by atoms with Crippen LogP contribution in [0.25, 0.3) is 0 Å². The van der Waals surface area contributed by atoms with Gasteiger partial charge in [0.25, 0.3) is 0 Å². The van der Waals surface area contributed by atoms with Crippen molar-refractivity contribution in [1.82, 2.24) is 5.32 Å². The van der Waals surface area contributed by atoms with Gasteiger partial charge in [-0.25, -0.2) is 9.69 Å². The number of carbonyl (C=O) groups is 3. The molecule has 0 atom stereocenters. The first kappa shape index (κ1) is 11.3. The molecule has 0 aromatic heterocycles. The number of hydrogen-bond acceptors (Lipinski definition) is 3. The number of amides is 4. The Bertz CT molecular complexity index is 495. The molecule has 1 heterocycles. The second-order valence-corrected chi connectivity index (χ2v) is 4.68. The van der Waals surface area contributed by atoms with Gasteiger partial charge in [-0.1, -0.05) is 6.07 Å². The second-order valence-electron chi connectivity index (χ2n) is 2.97. The first-order chi connectivity index (χ1) is 7.52. The summed E-state index contributed by atoms with van der Waals surface area (Å²) >= 11 is 6.43. The Morgan fingerprint density at radius 1 is 1.06 bits per heavy atom. The molecule has 16 heavy (non-hydrogen) atoms. The minimum atomic E-state index is -0.923. The van der Waals surface area contributed by atoms with Crippen LogP contribution in [-0.4, -0.2) is 17.8 Å². The molecule has 7 heteroatoms. The van der Waals surface area contributed by atoms with Crippen LogP contribution in [0.15, 0.2) is 27.1 Å². The van der Waals surface area contributed by atoms with Gasteiger partial charge in [0.05, 0.1) is 5.69 Å². The minimum Gasteiger partial charge on any atom is -0.269 e. The first-order valence-electron chi connectivity index (χ1n) is 4.16. The number of carbonyl (C=O) groups excluding carboxylic acids is 3. The average molecular weight is 348 g/mol. The van der Waals surface area contributed by atoms with E-state index < -0.39 is 17.8 Å². The number of benzene rings is 1. The number of rotatable bonds is 1. The maximum atomic E-state index is 11.5. The second kappa shape index (κ2) is 3.99. The van der Waals surface area contributed by atoms with Gasteiger partial charge in [-0.3, -0.25) is 14.9 Å². The van der Waals surface area contributed by atoms with Crippen molar-refractivity contribution < 1.29 is 14.4 Å². The minimum absolute atomic E-state index is 0.316. The number of anilines is 1. The Hall–Kier alpha value is -1.21. The molecular weight excluding hydrogens is 344 g/mol. The molecule has 0 spiro atoms. The van der Waals surface area contributed by atoms with E-state index in [1.165, 1.54) is 0 Å². The Morgan fingerprint density at radius 2 is 1.62 bits per heavy atom. The van der Waals surface area contributed by atoms with Crippen LogP contribution in [0.4, 0.5) is 10.5 Å². The fourth-order valence-corrected chi connectivity index (χ4v) is 2.66. The molecule has 1 aliphatic rings. The van der Waals surface area contributed by atoms with Crippen molar-refractivity contribution >= 4 is 55.4 Å². The highest BCUT2D eigenvalue weighted by atomic mass is 79.9. The fourth-order valence-electron chi connectivity index (χ4n) is 1.31. The molecule has 5 nitrogen and oxygen atoms in total. The van der Waals surface area contributed by atoms with Crippen LogP contribution in [0.1, 0.15) is 0 Å². The van der Waals surface area contributed by atoms with Crippen molar-refractivity contribution in [1.29, 1.82) is 0 Å². The lowest BCUT2D eigenvalue weighted by Crippen LogP contribution is -2.31. The first-order valence-corrected chi connectivity index (χ1v) is 5.74. The molecule has 4 amide bonds. The summed E-state index contributed by atoms with van der Waals surface area (Å²) in [6.07, 6.45) is 0. The standard InChI is InChI=1S/C9H4Br2N2O3/c10-4-2-1-3-5(11)6(4)13-8(15)7(14)12-9(13)16/h1-3H,(H,12,14,16). The molecule has 2 rings (SSSR count). The van der Waals surface area contributed by atoms with Gasteiger partial charge in [-0.15, -0.1) is 0 Å². The monoisotopic (exact) mass is 346 g/mol. The Kier molecular flexibility index (Phi) is 2.81. The van der Waals surface area contributed by atoms with Crippen molar-refractivity contribution in [3.05, 3.63) is 27.1 Å². The van der Waals surface area contributed by atoms with E-state index in [-0.39, 0.29) is 0 Å². The normalized spacial score (nSPS) is 15.6. The summed E-state index contributed by atoms with van der Waals surface area (Å²) in [5, 5.41) is 1.93. The number of halogens is 2. The predicted molar refractivity (Wildman–Crippen MR) is 62.9 cm³/mol. The van der Waals surface area contributed by atoms with Crippen LogP contribution < -0.4 is 10.2 Å². The number of nitrogens with one attached hydrogen (secondary N) is 1. The summed E-state index contributed by atoms with van der Waals surface area (Å²) in [7, 11) is 0. The number of nitrogens with zero attached hydrogens (tertiary/aromatic N) is 1. The van der Waals surface area contributed by atoms with Crippen molar-refractivity contribution in [3.8, 4) is 0 Å². The van der Waals surface area contributed by atoms with E-state index in [1.54, 1.807) is 18.2 Å². The van der Waals surface area contributed by atoms with Crippen LogP contribution in [0.5, 0.6) is 0 Å². The molecule has 0 aliphatic carbocycles. The van der Waals surface area contributed by atoms with Gasteiger partial charge in [-0.05, 0) is 44.0 Å². The summed E-state index contributed by atoms with van der Waals surface area (Å²) in [4.78, 5) is 34.7. The van der Waals surface area contributed by atoms with Crippen molar-refractivity contribution in [3.63, 3.8) is 0 Å². The molecule has 0 bridgehead atoms. The van der Waals surface area contributed by atoms with Gasteiger partial charge in [0.15, 0.2) is 0 Å². The van der Waals surface area contributed by atoms with Gasteiger partial charge in [-0.2, -0.15) is 0 Å². The summed E-state index contributed by atoms with van der Waals surface area (Å²) in [6, 6.07) is 4.33. The third-order valence-electron chi connectivity index (χ3n) is 1.98. The van der Waals surface area contributed by atoms with E-state index in [9.17, 15) is 14.4 Å². The van der Waals surface area contributed by atoms with Crippen LogP contribution >= 0.6 is 31.9 Å². The molecular formula is C9H4Br2N2O3. The molecule has 1 aliphatic heterocycles. The zero-order valence-electron chi connectivity index (χ0n) is 7.66. The largest absolute Gasteiger partial charge is 0.336 e. The highest BCUT2D eigenvalue weighted by Crippen LogP contribution is 2.35. The van der Waals surface area contributed by atoms with E-state index in [4.69, 9.17) is 0 Å². The van der Waals surface area contributed by atoms with Gasteiger partial charge >= 0.3 is 17.8 Å². The highest BCUT2D eigenvalue weighted by molar-refractivity contribution is 9.11. The smallest absolute Gasteiger partial charge is 0.269 e. The maximum Gasteiger partial charge on any atom is 0.336 e. The topological polar surface area (TPSA) is 66.5 Å². The number of urea groups is 1. The maximum absolute atomic E-state index is 11.5. The van der Waals surface area contributed by atoms with E-state index in [0.717, 1.165) is 4.90 Å². The SMILES string of the molecule is O=C1NC(=O)N(c2c(Br)cccc2Br)C1=O. The zero-order valence-corrected chi connectivity index (χ0v) is 10.8. The van der Waals surface area contributed by atoms with E-state index in [1.807, 2.05) is 5.32 Å². The average Bonchev–Trinajstić information content (AvgIpc) is 2.44. The third kappa shape index (κ3) is 1.65.